The van der Waals surface area contributed by atoms with Crippen LogP contribution in [-0.4, -0.2) is 53.5 Å². The molecule has 0 spiro atoms. The van der Waals surface area contributed by atoms with E-state index in [1.807, 2.05) is 12.3 Å². The molecule has 0 bridgehead atoms. The third-order valence-electron chi connectivity index (χ3n) is 6.38. The van der Waals surface area contributed by atoms with Gasteiger partial charge in [0.25, 0.3) is 0 Å². The topological polar surface area (TPSA) is 121 Å². The lowest BCUT2D eigenvalue weighted by atomic mass is 10.0. The number of carbonyl (C=O) groups is 1. The summed E-state index contributed by atoms with van der Waals surface area (Å²) in [7, 11) is 0. The standard InChI is InChI=1S/C23H26N6O3/c24-11-14-4-3-7-16(10-14)26-23(30)29-19-13-32-20-18(12-31-21(19)20)28-22-25-9-8-17(27-22)15-5-1-2-6-15/h3-4,7-10,15,18-21H,1-2,5-6,12-13H2,(H,25,27,28)(H2,26,29,30). The van der Waals surface area contributed by atoms with E-state index in [9.17, 15) is 4.79 Å². The first-order valence-corrected chi connectivity index (χ1v) is 11.1. The molecule has 4 atom stereocenters. The molecule has 1 aromatic carbocycles. The summed E-state index contributed by atoms with van der Waals surface area (Å²) < 4.78 is 11.9. The monoisotopic (exact) mass is 434 g/mol. The molecule has 9 heteroatoms. The molecule has 3 N–H and O–H groups in total. The maximum atomic E-state index is 12.4. The van der Waals surface area contributed by atoms with Gasteiger partial charge in [0.15, 0.2) is 0 Å². The molecule has 2 amide bonds. The van der Waals surface area contributed by atoms with Gasteiger partial charge in [0.05, 0.1) is 36.9 Å². The number of nitriles is 1. The summed E-state index contributed by atoms with van der Waals surface area (Å²) in [6.45, 7) is 0.818. The number of hydrogen-bond acceptors (Lipinski definition) is 7. The second-order valence-electron chi connectivity index (χ2n) is 8.53. The Hall–Kier alpha value is -3.22. The molecular weight excluding hydrogens is 408 g/mol. The van der Waals surface area contributed by atoms with Gasteiger partial charge in [-0.1, -0.05) is 18.9 Å². The largest absolute Gasteiger partial charge is 0.371 e. The minimum absolute atomic E-state index is 0.0824. The molecule has 2 aromatic rings. The fraction of sp³-hybridized carbons (Fsp3) is 0.478. The van der Waals surface area contributed by atoms with E-state index in [0.29, 0.717) is 36.3 Å². The molecular formula is C23H26N6O3. The zero-order valence-corrected chi connectivity index (χ0v) is 17.7. The third-order valence-corrected chi connectivity index (χ3v) is 6.38. The summed E-state index contributed by atoms with van der Waals surface area (Å²) in [6.07, 6.45) is 6.26. The Morgan fingerprint density at radius 2 is 1.88 bits per heavy atom. The Balaban J connectivity index is 1.17. The number of nitrogens with one attached hydrogen (secondary N) is 3. The van der Waals surface area contributed by atoms with E-state index in [2.05, 4.69) is 27.0 Å². The Kier molecular flexibility index (Phi) is 5.88. The highest BCUT2D eigenvalue weighted by atomic mass is 16.6. The van der Waals surface area contributed by atoms with E-state index >= 15 is 0 Å². The molecule has 166 valence electrons. The van der Waals surface area contributed by atoms with Crippen molar-refractivity contribution in [3.05, 3.63) is 47.8 Å². The zero-order valence-electron chi connectivity index (χ0n) is 17.7. The van der Waals surface area contributed by atoms with Crippen LogP contribution in [0.3, 0.4) is 0 Å². The van der Waals surface area contributed by atoms with Crippen LogP contribution in [0.5, 0.6) is 0 Å². The van der Waals surface area contributed by atoms with Gasteiger partial charge in [-0.05, 0) is 37.1 Å². The molecule has 2 saturated heterocycles. The van der Waals surface area contributed by atoms with Crippen molar-refractivity contribution in [3.63, 3.8) is 0 Å². The van der Waals surface area contributed by atoms with E-state index in [1.54, 1.807) is 24.3 Å². The van der Waals surface area contributed by atoms with Crippen molar-refractivity contribution in [1.29, 1.82) is 5.26 Å². The van der Waals surface area contributed by atoms with Crippen molar-refractivity contribution in [2.24, 2.45) is 0 Å². The number of nitrogens with zero attached hydrogens (tertiary/aromatic N) is 3. The highest BCUT2D eigenvalue weighted by Gasteiger charge is 2.48. The summed E-state index contributed by atoms with van der Waals surface area (Å²) in [5.74, 6) is 1.12. The Bertz CT molecular complexity index is 1020. The number of urea groups is 1. The molecule has 3 aliphatic rings. The normalized spacial score (nSPS) is 27.0. The molecule has 32 heavy (non-hydrogen) atoms. The van der Waals surface area contributed by atoms with Crippen LogP contribution in [0.25, 0.3) is 0 Å². The van der Waals surface area contributed by atoms with Crippen LogP contribution in [-0.2, 0) is 9.47 Å². The third kappa shape index (κ3) is 4.38. The summed E-state index contributed by atoms with van der Waals surface area (Å²) in [5.41, 5.74) is 2.14. The number of aromatic nitrogens is 2. The summed E-state index contributed by atoms with van der Waals surface area (Å²) in [4.78, 5) is 21.5. The van der Waals surface area contributed by atoms with Crippen LogP contribution >= 0.6 is 0 Å². The molecule has 1 saturated carbocycles. The lowest BCUT2D eigenvalue weighted by molar-refractivity contribution is 0.0683. The maximum absolute atomic E-state index is 12.4. The first-order valence-electron chi connectivity index (χ1n) is 11.1. The van der Waals surface area contributed by atoms with Gasteiger partial charge in [-0.25, -0.2) is 14.8 Å². The predicted octanol–water partition coefficient (Wildman–Crippen LogP) is 2.77. The first kappa shape index (κ1) is 20.7. The number of benzene rings is 1. The van der Waals surface area contributed by atoms with Crippen LogP contribution < -0.4 is 16.0 Å². The van der Waals surface area contributed by atoms with Crippen molar-refractivity contribution in [2.45, 2.75) is 55.9 Å². The fourth-order valence-corrected chi connectivity index (χ4v) is 4.81. The van der Waals surface area contributed by atoms with Crippen molar-refractivity contribution in [3.8, 4) is 6.07 Å². The minimum Gasteiger partial charge on any atom is -0.371 e. The Labute approximate surface area is 186 Å². The number of carbonyl (C=O) groups excluding carboxylic acids is 1. The Morgan fingerprint density at radius 1 is 1.09 bits per heavy atom. The molecule has 4 unspecified atom stereocenters. The molecule has 1 aliphatic carbocycles. The first-order chi connectivity index (χ1) is 15.7. The van der Waals surface area contributed by atoms with Gasteiger partial charge in [-0.15, -0.1) is 0 Å². The zero-order chi connectivity index (χ0) is 21.9. The quantitative estimate of drug-likeness (QED) is 0.662. The highest BCUT2D eigenvalue weighted by molar-refractivity contribution is 5.89. The van der Waals surface area contributed by atoms with Gasteiger partial charge < -0.3 is 25.4 Å². The van der Waals surface area contributed by atoms with E-state index in [4.69, 9.17) is 19.7 Å². The second kappa shape index (κ2) is 9.10. The van der Waals surface area contributed by atoms with Gasteiger partial charge in [-0.3, -0.25) is 0 Å². The molecule has 1 aromatic heterocycles. The van der Waals surface area contributed by atoms with Gasteiger partial charge >= 0.3 is 6.03 Å². The van der Waals surface area contributed by atoms with Gasteiger partial charge in [0.2, 0.25) is 5.95 Å². The van der Waals surface area contributed by atoms with E-state index < -0.39 is 0 Å². The van der Waals surface area contributed by atoms with Crippen LogP contribution in [0.2, 0.25) is 0 Å². The van der Waals surface area contributed by atoms with E-state index in [1.165, 1.54) is 25.7 Å². The molecule has 3 fully saturated rings. The molecule has 0 radical (unpaired) electrons. The predicted molar refractivity (Wildman–Crippen MR) is 117 cm³/mol. The Morgan fingerprint density at radius 3 is 2.69 bits per heavy atom. The summed E-state index contributed by atoms with van der Waals surface area (Å²) >= 11 is 0. The van der Waals surface area contributed by atoms with E-state index in [-0.39, 0.29) is 30.3 Å². The van der Waals surface area contributed by atoms with E-state index in [0.717, 1.165) is 5.69 Å². The number of hydrogen-bond donors (Lipinski definition) is 3. The van der Waals surface area contributed by atoms with Gasteiger partial charge in [0.1, 0.15) is 12.2 Å². The molecule has 2 aliphatic heterocycles. The average Bonchev–Trinajstić information content (AvgIpc) is 3.55. The van der Waals surface area contributed by atoms with Crippen molar-refractivity contribution < 1.29 is 14.3 Å². The smallest absolute Gasteiger partial charge is 0.319 e. The lowest BCUT2D eigenvalue weighted by Gasteiger charge is -2.19. The SMILES string of the molecule is N#Cc1cccc(NC(=O)NC2COC3C(Nc4nccc(C5CCCC5)n4)COC23)c1. The fourth-order valence-electron chi connectivity index (χ4n) is 4.81. The number of rotatable bonds is 5. The molecule has 3 heterocycles. The van der Waals surface area contributed by atoms with Crippen molar-refractivity contribution >= 4 is 17.7 Å². The minimum atomic E-state index is -0.359. The summed E-state index contributed by atoms with van der Waals surface area (Å²) in [5, 5.41) is 18.1. The average molecular weight is 435 g/mol. The molecule has 9 nitrogen and oxygen atoms in total. The van der Waals surface area contributed by atoms with Crippen LogP contribution in [0, 0.1) is 11.3 Å². The second-order valence-corrected chi connectivity index (χ2v) is 8.53. The number of anilines is 2. The number of fused-ring (bicyclic) bond motifs is 1. The highest BCUT2D eigenvalue weighted by Crippen LogP contribution is 2.33. The van der Waals surface area contributed by atoms with Gasteiger partial charge in [0, 0.05) is 23.5 Å². The van der Waals surface area contributed by atoms with Gasteiger partial charge in [-0.2, -0.15) is 5.26 Å². The maximum Gasteiger partial charge on any atom is 0.319 e. The lowest BCUT2D eigenvalue weighted by Crippen LogP contribution is -2.46. The van der Waals surface area contributed by atoms with Crippen LogP contribution in [0.15, 0.2) is 36.5 Å². The number of amides is 2. The summed E-state index contributed by atoms with van der Waals surface area (Å²) in [6, 6.07) is 10.1. The van der Waals surface area contributed by atoms with Crippen molar-refractivity contribution in [2.75, 3.05) is 23.8 Å². The van der Waals surface area contributed by atoms with Crippen LogP contribution in [0.1, 0.15) is 42.9 Å². The number of ether oxygens (including phenoxy) is 2. The molecule has 5 rings (SSSR count). The van der Waals surface area contributed by atoms with Crippen molar-refractivity contribution in [1.82, 2.24) is 15.3 Å². The van der Waals surface area contributed by atoms with Crippen LogP contribution in [0.4, 0.5) is 16.4 Å².